The quantitative estimate of drug-likeness (QED) is 0.510. The number of aryl methyl sites for hydroxylation is 1. The van der Waals surface area contributed by atoms with Crippen molar-refractivity contribution in [3.63, 3.8) is 0 Å². The lowest BCUT2D eigenvalue weighted by atomic mass is 10.1. The molecule has 0 aliphatic carbocycles. The van der Waals surface area contributed by atoms with Gasteiger partial charge in [-0.05, 0) is 61.4 Å². The Morgan fingerprint density at radius 2 is 1.59 bits per heavy atom. The molecule has 0 spiro atoms. The highest BCUT2D eigenvalue weighted by Gasteiger charge is 2.27. The zero-order valence-electron chi connectivity index (χ0n) is 19.5. The smallest absolute Gasteiger partial charge is 0.264 e. The number of halogens is 1. The average molecular weight is 498 g/mol. The largest absolute Gasteiger partial charge is 0.368 e. The van der Waals surface area contributed by atoms with Gasteiger partial charge in [0.2, 0.25) is 0 Å². The van der Waals surface area contributed by atoms with Crippen molar-refractivity contribution in [2.45, 2.75) is 18.7 Å². The molecule has 1 saturated heterocycles. The maximum Gasteiger partial charge on any atom is 0.264 e. The van der Waals surface area contributed by atoms with Gasteiger partial charge in [-0.15, -0.1) is 0 Å². The monoisotopic (exact) mass is 497 g/mol. The van der Waals surface area contributed by atoms with E-state index < -0.39 is 10.0 Å². The number of para-hydroxylation sites is 1. The van der Waals surface area contributed by atoms with Gasteiger partial charge in [-0.2, -0.15) is 0 Å². The van der Waals surface area contributed by atoms with E-state index in [-0.39, 0.29) is 21.4 Å². The van der Waals surface area contributed by atoms with Gasteiger partial charge in [0, 0.05) is 38.9 Å². The van der Waals surface area contributed by atoms with Gasteiger partial charge in [0.15, 0.2) is 0 Å². The Morgan fingerprint density at radius 1 is 0.912 bits per heavy atom. The first-order valence-electron chi connectivity index (χ1n) is 11.1. The molecule has 1 fully saturated rings. The minimum absolute atomic E-state index is 0.0284. The molecule has 3 aromatic carbocycles. The van der Waals surface area contributed by atoms with E-state index in [9.17, 15) is 13.2 Å². The van der Waals surface area contributed by atoms with E-state index in [2.05, 4.69) is 30.9 Å². The van der Waals surface area contributed by atoms with Crippen LogP contribution in [0.15, 0.2) is 71.6 Å². The van der Waals surface area contributed by atoms with Crippen LogP contribution in [0.4, 0.5) is 11.4 Å². The molecule has 0 aromatic heterocycles. The molecule has 3 aromatic rings. The number of sulfonamides is 1. The molecule has 34 heavy (non-hydrogen) atoms. The number of hydrogen-bond donors (Lipinski definition) is 0. The predicted molar refractivity (Wildman–Crippen MR) is 138 cm³/mol. The topological polar surface area (TPSA) is 60.9 Å². The summed E-state index contributed by atoms with van der Waals surface area (Å²) in [6.07, 6.45) is 0. The molecule has 0 unspecified atom stereocenters. The van der Waals surface area contributed by atoms with E-state index in [0.29, 0.717) is 31.9 Å². The number of hydrogen-bond acceptors (Lipinski definition) is 4. The summed E-state index contributed by atoms with van der Waals surface area (Å²) in [4.78, 5) is 17.4. The Kier molecular flexibility index (Phi) is 6.86. The highest BCUT2D eigenvalue weighted by Crippen LogP contribution is 2.28. The standard InChI is InChI=1S/C26H28ClN3O3S/c1-19-8-7-11-25(20(19)2)29-14-16-30(17-15-29)26(31)23-18-22(12-13-24(23)27)34(32,33)28(3)21-9-5-4-6-10-21/h4-13,18H,14-17H2,1-3H3. The first-order valence-corrected chi connectivity index (χ1v) is 13.0. The molecule has 178 valence electrons. The number of nitrogens with zero attached hydrogens (tertiary/aromatic N) is 3. The molecule has 6 nitrogen and oxygen atoms in total. The fourth-order valence-electron chi connectivity index (χ4n) is 4.16. The molecule has 4 rings (SSSR count). The molecule has 0 atom stereocenters. The third-order valence-electron chi connectivity index (χ3n) is 6.43. The van der Waals surface area contributed by atoms with Crippen molar-refractivity contribution >= 4 is 38.9 Å². The maximum atomic E-state index is 13.3. The van der Waals surface area contributed by atoms with E-state index in [0.717, 1.165) is 0 Å². The van der Waals surface area contributed by atoms with Crippen molar-refractivity contribution in [2.24, 2.45) is 0 Å². The van der Waals surface area contributed by atoms with Gasteiger partial charge < -0.3 is 9.80 Å². The summed E-state index contributed by atoms with van der Waals surface area (Å²) < 4.78 is 27.6. The Balaban J connectivity index is 1.53. The summed E-state index contributed by atoms with van der Waals surface area (Å²) in [6, 6.07) is 19.4. The van der Waals surface area contributed by atoms with Gasteiger partial charge in [-0.3, -0.25) is 9.10 Å². The molecule has 1 amide bonds. The van der Waals surface area contributed by atoms with E-state index in [1.165, 1.54) is 46.4 Å². The Labute approximate surface area is 206 Å². The van der Waals surface area contributed by atoms with Crippen molar-refractivity contribution < 1.29 is 13.2 Å². The van der Waals surface area contributed by atoms with Gasteiger partial charge in [-0.1, -0.05) is 41.9 Å². The lowest BCUT2D eigenvalue weighted by Gasteiger charge is -2.37. The van der Waals surface area contributed by atoms with Crippen LogP contribution in [0.2, 0.25) is 5.02 Å². The van der Waals surface area contributed by atoms with Crippen LogP contribution in [-0.4, -0.2) is 52.5 Å². The average Bonchev–Trinajstić information content (AvgIpc) is 2.85. The molecule has 8 heteroatoms. The van der Waals surface area contributed by atoms with Crippen LogP contribution in [0.1, 0.15) is 21.5 Å². The minimum atomic E-state index is -3.85. The highest BCUT2D eigenvalue weighted by molar-refractivity contribution is 7.92. The van der Waals surface area contributed by atoms with Crippen molar-refractivity contribution in [1.29, 1.82) is 0 Å². The van der Waals surface area contributed by atoms with Gasteiger partial charge in [0.1, 0.15) is 0 Å². The molecule has 1 aliphatic heterocycles. The zero-order chi connectivity index (χ0) is 24.5. The molecule has 1 heterocycles. The van der Waals surface area contributed by atoms with Gasteiger partial charge in [-0.25, -0.2) is 8.42 Å². The second kappa shape index (κ2) is 9.68. The summed E-state index contributed by atoms with van der Waals surface area (Å²) in [5, 5.41) is 0.239. The molecular formula is C26H28ClN3O3S. The zero-order valence-corrected chi connectivity index (χ0v) is 21.1. The molecule has 0 bridgehead atoms. The SMILES string of the molecule is Cc1cccc(N2CCN(C(=O)c3cc(S(=O)(=O)N(C)c4ccccc4)ccc3Cl)CC2)c1C. The predicted octanol–water partition coefficient (Wildman–Crippen LogP) is 4.74. The van der Waals surface area contributed by atoms with Crippen LogP contribution in [0.5, 0.6) is 0 Å². The molecule has 0 radical (unpaired) electrons. The fraction of sp³-hybridized carbons (Fsp3) is 0.269. The third kappa shape index (κ3) is 4.63. The summed E-state index contributed by atoms with van der Waals surface area (Å²) in [5.41, 5.74) is 4.39. The number of benzene rings is 3. The van der Waals surface area contributed by atoms with Crippen LogP contribution in [0, 0.1) is 13.8 Å². The Morgan fingerprint density at radius 3 is 2.26 bits per heavy atom. The summed E-state index contributed by atoms with van der Waals surface area (Å²) in [7, 11) is -2.36. The molecule has 1 aliphatic rings. The number of amides is 1. The second-order valence-electron chi connectivity index (χ2n) is 8.45. The van der Waals surface area contributed by atoms with E-state index in [1.807, 2.05) is 12.1 Å². The van der Waals surface area contributed by atoms with Crippen LogP contribution in [-0.2, 0) is 10.0 Å². The van der Waals surface area contributed by atoms with Gasteiger partial charge in [0.05, 0.1) is 21.2 Å². The first-order chi connectivity index (χ1) is 16.2. The van der Waals surface area contributed by atoms with Crippen LogP contribution in [0.3, 0.4) is 0 Å². The normalized spacial score (nSPS) is 14.2. The second-order valence-corrected chi connectivity index (χ2v) is 10.8. The minimum Gasteiger partial charge on any atom is -0.368 e. The number of rotatable bonds is 5. The summed E-state index contributed by atoms with van der Waals surface area (Å²) in [6.45, 7) is 6.66. The van der Waals surface area contributed by atoms with E-state index >= 15 is 0 Å². The molecule has 0 N–H and O–H groups in total. The summed E-state index contributed by atoms with van der Waals surface area (Å²) in [5.74, 6) is -0.259. The number of carbonyl (C=O) groups excluding carboxylic acids is 1. The maximum absolute atomic E-state index is 13.3. The highest BCUT2D eigenvalue weighted by atomic mass is 35.5. The summed E-state index contributed by atoms with van der Waals surface area (Å²) >= 11 is 6.35. The number of piperazine rings is 1. The fourth-order valence-corrected chi connectivity index (χ4v) is 5.58. The third-order valence-corrected chi connectivity index (χ3v) is 8.54. The first kappa shape index (κ1) is 24.1. The number of carbonyl (C=O) groups is 1. The van der Waals surface area contributed by atoms with Crippen LogP contribution >= 0.6 is 11.6 Å². The van der Waals surface area contributed by atoms with E-state index in [1.54, 1.807) is 29.2 Å². The van der Waals surface area contributed by atoms with Crippen molar-refractivity contribution in [1.82, 2.24) is 4.90 Å². The van der Waals surface area contributed by atoms with Gasteiger partial charge >= 0.3 is 0 Å². The van der Waals surface area contributed by atoms with Crippen molar-refractivity contribution in [3.05, 3.63) is 88.4 Å². The van der Waals surface area contributed by atoms with Crippen molar-refractivity contribution in [2.75, 3.05) is 42.4 Å². The van der Waals surface area contributed by atoms with Crippen LogP contribution < -0.4 is 9.21 Å². The molecular weight excluding hydrogens is 470 g/mol. The number of anilines is 2. The lowest BCUT2D eigenvalue weighted by Crippen LogP contribution is -2.49. The van der Waals surface area contributed by atoms with Crippen molar-refractivity contribution in [3.8, 4) is 0 Å². The van der Waals surface area contributed by atoms with Gasteiger partial charge in [0.25, 0.3) is 15.9 Å². The lowest BCUT2D eigenvalue weighted by molar-refractivity contribution is 0.0746. The molecule has 0 saturated carbocycles. The van der Waals surface area contributed by atoms with E-state index in [4.69, 9.17) is 11.6 Å². The Bertz CT molecular complexity index is 1300. The van der Waals surface area contributed by atoms with Crippen LogP contribution in [0.25, 0.3) is 0 Å². The Hall–Kier alpha value is -3.03.